The minimum Gasteiger partial charge on any atom is -0.468 e. The summed E-state index contributed by atoms with van der Waals surface area (Å²) in [5.74, 6) is -0.245. The van der Waals surface area contributed by atoms with Gasteiger partial charge in [-0.15, -0.1) is 0 Å². The summed E-state index contributed by atoms with van der Waals surface area (Å²) in [6.45, 7) is 0.605. The van der Waals surface area contributed by atoms with Gasteiger partial charge < -0.3 is 4.74 Å². The first-order chi connectivity index (χ1) is 10.2. The van der Waals surface area contributed by atoms with E-state index in [1.54, 1.807) is 0 Å². The molecule has 110 valence electrons. The second-order valence-corrected chi connectivity index (χ2v) is 5.59. The first-order valence-corrected chi connectivity index (χ1v) is 7.58. The van der Waals surface area contributed by atoms with E-state index in [1.165, 1.54) is 7.11 Å². The van der Waals surface area contributed by atoms with E-state index in [1.807, 2.05) is 54.6 Å². The number of hydrogen-bond donors (Lipinski definition) is 1. The van der Waals surface area contributed by atoms with Crippen LogP contribution in [-0.4, -0.2) is 19.1 Å². The van der Waals surface area contributed by atoms with E-state index in [0.29, 0.717) is 13.0 Å². The van der Waals surface area contributed by atoms with Crippen molar-refractivity contribution in [3.63, 3.8) is 0 Å². The minimum absolute atomic E-state index is 0.245. The second kappa shape index (κ2) is 7.96. The number of halogens is 1. The fourth-order valence-corrected chi connectivity index (χ4v) is 2.53. The number of carbonyl (C=O) groups is 1. The van der Waals surface area contributed by atoms with Gasteiger partial charge in [-0.25, -0.2) is 0 Å². The maximum absolute atomic E-state index is 11.9. The Labute approximate surface area is 133 Å². The minimum atomic E-state index is -0.357. The van der Waals surface area contributed by atoms with Crippen LogP contribution in [0.15, 0.2) is 59.1 Å². The van der Waals surface area contributed by atoms with E-state index >= 15 is 0 Å². The third-order valence-electron chi connectivity index (χ3n) is 3.27. The van der Waals surface area contributed by atoms with Crippen molar-refractivity contribution in [2.45, 2.75) is 19.0 Å². The molecule has 0 aliphatic carbocycles. The van der Waals surface area contributed by atoms with Crippen molar-refractivity contribution < 1.29 is 9.53 Å². The molecule has 0 aliphatic heterocycles. The molecular formula is C17H18BrNO2. The highest BCUT2D eigenvalue weighted by Gasteiger charge is 2.19. The van der Waals surface area contributed by atoms with Gasteiger partial charge in [0.05, 0.1) is 7.11 Å². The topological polar surface area (TPSA) is 38.3 Å². The lowest BCUT2D eigenvalue weighted by atomic mass is 10.1. The monoisotopic (exact) mass is 347 g/mol. The average Bonchev–Trinajstić information content (AvgIpc) is 2.53. The van der Waals surface area contributed by atoms with Crippen LogP contribution >= 0.6 is 15.9 Å². The van der Waals surface area contributed by atoms with Crippen LogP contribution in [0, 0.1) is 0 Å². The van der Waals surface area contributed by atoms with Crippen molar-refractivity contribution in [1.82, 2.24) is 5.32 Å². The largest absolute Gasteiger partial charge is 0.468 e. The van der Waals surface area contributed by atoms with Gasteiger partial charge in [0.15, 0.2) is 0 Å². The van der Waals surface area contributed by atoms with Gasteiger partial charge in [0.25, 0.3) is 0 Å². The Kier molecular flexibility index (Phi) is 5.96. The molecule has 21 heavy (non-hydrogen) atoms. The molecule has 4 heteroatoms. The molecule has 1 atom stereocenters. The molecule has 0 spiro atoms. The van der Waals surface area contributed by atoms with Gasteiger partial charge in [0, 0.05) is 11.0 Å². The van der Waals surface area contributed by atoms with Crippen molar-refractivity contribution in [2.24, 2.45) is 0 Å². The molecule has 0 saturated carbocycles. The SMILES string of the molecule is COC(=O)[C@H](Cc1ccccc1)NCc1ccccc1Br. The van der Waals surface area contributed by atoms with Crippen molar-refractivity contribution in [1.29, 1.82) is 0 Å². The van der Waals surface area contributed by atoms with Crippen LogP contribution in [0.25, 0.3) is 0 Å². The molecule has 0 radical (unpaired) electrons. The third-order valence-corrected chi connectivity index (χ3v) is 4.04. The molecule has 0 unspecified atom stereocenters. The summed E-state index contributed by atoms with van der Waals surface area (Å²) in [7, 11) is 1.42. The zero-order valence-electron chi connectivity index (χ0n) is 11.9. The van der Waals surface area contributed by atoms with Gasteiger partial charge in [-0.3, -0.25) is 10.1 Å². The highest BCUT2D eigenvalue weighted by atomic mass is 79.9. The van der Waals surface area contributed by atoms with Gasteiger partial charge >= 0.3 is 5.97 Å². The van der Waals surface area contributed by atoms with E-state index in [-0.39, 0.29) is 12.0 Å². The summed E-state index contributed by atoms with van der Waals surface area (Å²) < 4.78 is 5.92. The summed E-state index contributed by atoms with van der Waals surface area (Å²) in [6, 6.07) is 17.5. The van der Waals surface area contributed by atoms with Crippen LogP contribution in [0.5, 0.6) is 0 Å². The fourth-order valence-electron chi connectivity index (χ4n) is 2.11. The van der Waals surface area contributed by atoms with E-state index in [0.717, 1.165) is 15.6 Å². The van der Waals surface area contributed by atoms with Gasteiger partial charge in [-0.1, -0.05) is 64.5 Å². The van der Waals surface area contributed by atoms with Gasteiger partial charge in [0.2, 0.25) is 0 Å². The molecule has 2 rings (SSSR count). The van der Waals surface area contributed by atoms with Crippen LogP contribution < -0.4 is 5.32 Å². The van der Waals surface area contributed by atoms with Crippen LogP contribution in [0.1, 0.15) is 11.1 Å². The molecular weight excluding hydrogens is 330 g/mol. The lowest BCUT2D eigenvalue weighted by Gasteiger charge is -2.17. The number of carbonyl (C=O) groups excluding carboxylic acids is 1. The van der Waals surface area contributed by atoms with Crippen LogP contribution in [0.2, 0.25) is 0 Å². The average molecular weight is 348 g/mol. The third kappa shape index (κ3) is 4.69. The van der Waals surface area contributed by atoms with E-state index < -0.39 is 0 Å². The number of rotatable bonds is 6. The summed E-state index contributed by atoms with van der Waals surface area (Å²) in [5.41, 5.74) is 2.21. The number of benzene rings is 2. The molecule has 2 aromatic carbocycles. The first-order valence-electron chi connectivity index (χ1n) is 6.79. The van der Waals surface area contributed by atoms with Crippen molar-refractivity contribution in [3.05, 3.63) is 70.2 Å². The molecule has 0 fully saturated rings. The Morgan fingerprint density at radius 3 is 2.48 bits per heavy atom. The highest BCUT2D eigenvalue weighted by Crippen LogP contribution is 2.16. The zero-order valence-corrected chi connectivity index (χ0v) is 13.5. The normalized spacial score (nSPS) is 11.9. The van der Waals surface area contributed by atoms with E-state index in [9.17, 15) is 4.79 Å². The Morgan fingerprint density at radius 1 is 1.14 bits per heavy atom. The molecule has 0 aliphatic rings. The number of esters is 1. The van der Waals surface area contributed by atoms with Crippen LogP contribution in [-0.2, 0) is 22.5 Å². The molecule has 0 amide bonds. The van der Waals surface area contributed by atoms with Crippen molar-refractivity contribution in [3.8, 4) is 0 Å². The first kappa shape index (κ1) is 15.7. The Bertz CT molecular complexity index is 586. The van der Waals surface area contributed by atoms with E-state index in [2.05, 4.69) is 21.2 Å². The number of nitrogens with one attached hydrogen (secondary N) is 1. The lowest BCUT2D eigenvalue weighted by molar-refractivity contribution is -0.143. The second-order valence-electron chi connectivity index (χ2n) is 4.74. The maximum atomic E-state index is 11.9. The van der Waals surface area contributed by atoms with Gasteiger partial charge in [0.1, 0.15) is 6.04 Å². The Morgan fingerprint density at radius 2 is 1.81 bits per heavy atom. The molecule has 0 bridgehead atoms. The number of ether oxygens (including phenoxy) is 1. The zero-order chi connectivity index (χ0) is 15.1. The predicted octanol–water partition coefficient (Wildman–Crippen LogP) is 3.32. The quantitative estimate of drug-likeness (QED) is 0.814. The molecule has 3 nitrogen and oxygen atoms in total. The van der Waals surface area contributed by atoms with Gasteiger partial charge in [-0.05, 0) is 23.6 Å². The summed E-state index contributed by atoms with van der Waals surface area (Å²) >= 11 is 3.51. The molecule has 1 N–H and O–H groups in total. The summed E-state index contributed by atoms with van der Waals surface area (Å²) in [4.78, 5) is 11.9. The van der Waals surface area contributed by atoms with Crippen LogP contribution in [0.4, 0.5) is 0 Å². The van der Waals surface area contributed by atoms with Crippen molar-refractivity contribution >= 4 is 21.9 Å². The van der Waals surface area contributed by atoms with Crippen LogP contribution in [0.3, 0.4) is 0 Å². The predicted molar refractivity (Wildman–Crippen MR) is 86.9 cm³/mol. The Balaban J connectivity index is 2.03. The van der Waals surface area contributed by atoms with Gasteiger partial charge in [-0.2, -0.15) is 0 Å². The molecule has 0 heterocycles. The maximum Gasteiger partial charge on any atom is 0.323 e. The molecule has 2 aromatic rings. The van der Waals surface area contributed by atoms with Crippen molar-refractivity contribution in [2.75, 3.05) is 7.11 Å². The number of methoxy groups -OCH3 is 1. The van der Waals surface area contributed by atoms with E-state index in [4.69, 9.17) is 4.74 Å². The highest BCUT2D eigenvalue weighted by molar-refractivity contribution is 9.10. The Hall–Kier alpha value is -1.65. The summed E-state index contributed by atoms with van der Waals surface area (Å²) in [5, 5.41) is 3.27. The molecule has 0 saturated heterocycles. The molecule has 0 aromatic heterocycles. The summed E-state index contributed by atoms with van der Waals surface area (Å²) in [6.07, 6.45) is 0.609. The smallest absolute Gasteiger partial charge is 0.323 e. The number of hydrogen-bond acceptors (Lipinski definition) is 3. The fraction of sp³-hybridized carbons (Fsp3) is 0.235. The standard InChI is InChI=1S/C17H18BrNO2/c1-21-17(20)16(11-13-7-3-2-4-8-13)19-12-14-9-5-6-10-15(14)18/h2-10,16,19H,11-12H2,1H3/t16-/m0/s1. The lowest BCUT2D eigenvalue weighted by Crippen LogP contribution is -2.39.